The largest absolute Gasteiger partial charge is 0.426 e. The Hall–Kier alpha value is -1.20. The fraction of sp³-hybridized carbons (Fsp3) is 0.533. The summed E-state index contributed by atoms with van der Waals surface area (Å²) in [7, 11) is -1.81. The molecule has 0 saturated heterocycles. The van der Waals surface area contributed by atoms with Crippen LogP contribution < -0.4 is 15.6 Å². The molecule has 1 aromatic rings. The predicted octanol–water partition coefficient (Wildman–Crippen LogP) is 3.30. The number of benzene rings is 1. The lowest BCUT2D eigenvalue weighted by molar-refractivity contribution is -0.116. The summed E-state index contributed by atoms with van der Waals surface area (Å²) < 4.78 is 10.2. The quantitative estimate of drug-likeness (QED) is 0.550. The molecule has 0 aliphatic carbocycles. The molecule has 1 atom stereocenters. The molecule has 6 nitrogen and oxygen atoms in total. The van der Waals surface area contributed by atoms with Gasteiger partial charge in [0.1, 0.15) is 5.75 Å². The van der Waals surface area contributed by atoms with Crippen molar-refractivity contribution in [1.82, 2.24) is 0 Å². The summed E-state index contributed by atoms with van der Waals surface area (Å²) in [6.07, 6.45) is 3.25. The summed E-state index contributed by atoms with van der Waals surface area (Å²) in [5.74, 6) is 0.592. The number of carbonyl (C=O) groups is 1. The molecular weight excluding hydrogens is 303 g/mol. The van der Waals surface area contributed by atoms with Crippen molar-refractivity contribution >= 4 is 20.2 Å². The maximum Gasteiger partial charge on any atom is 0.394 e. The van der Waals surface area contributed by atoms with E-state index in [1.54, 1.807) is 18.2 Å². The van der Waals surface area contributed by atoms with Gasteiger partial charge in [-0.25, -0.2) is 0 Å². The number of fused-ring (bicyclic) bond motifs is 1. The number of hydrogen-bond acceptors (Lipinski definition) is 5. The molecule has 0 aromatic heterocycles. The Bertz CT molecular complexity index is 471. The maximum atomic E-state index is 11.8. The van der Waals surface area contributed by atoms with Gasteiger partial charge >= 0.3 is 8.60 Å². The normalized spacial score (nSPS) is 15.9. The number of nitrogens with one attached hydrogen (secondary N) is 1. The lowest BCUT2D eigenvalue weighted by atomic mass is 10.1. The van der Waals surface area contributed by atoms with Crippen molar-refractivity contribution in [3.8, 4) is 5.75 Å². The zero-order valence-corrected chi connectivity index (χ0v) is 14.1. The van der Waals surface area contributed by atoms with Crippen LogP contribution in [0.5, 0.6) is 5.75 Å². The number of amides is 1. The van der Waals surface area contributed by atoms with Gasteiger partial charge in [0.15, 0.2) is 0 Å². The smallest absolute Gasteiger partial charge is 0.394 e. The molecule has 1 aromatic carbocycles. The van der Waals surface area contributed by atoms with Crippen LogP contribution in [0.15, 0.2) is 18.2 Å². The summed E-state index contributed by atoms with van der Waals surface area (Å²) in [4.78, 5) is 21.0. The number of rotatable bonds is 6. The van der Waals surface area contributed by atoms with Gasteiger partial charge in [-0.15, -0.1) is 0 Å². The maximum absolute atomic E-state index is 11.8. The molecule has 1 heterocycles. The van der Waals surface area contributed by atoms with Crippen molar-refractivity contribution in [2.45, 2.75) is 46.1 Å². The van der Waals surface area contributed by atoms with Crippen LogP contribution in [0.3, 0.4) is 0 Å². The van der Waals surface area contributed by atoms with Crippen LogP contribution in [-0.4, -0.2) is 17.3 Å². The molecule has 7 heteroatoms. The Kier molecular flexibility index (Phi) is 9.01. The number of unbranched alkanes of at least 4 members (excludes halogenated alkanes) is 2. The first kappa shape index (κ1) is 18.8. The number of anilines is 1. The SMILES string of the molecule is CC.NCCCCCC(=O)Nc1ccc2c(c1)COP(O)O2. The second-order valence-electron chi connectivity index (χ2n) is 4.57. The zero-order chi connectivity index (χ0) is 16.4. The first-order chi connectivity index (χ1) is 10.7. The van der Waals surface area contributed by atoms with Gasteiger partial charge in [-0.3, -0.25) is 9.32 Å². The van der Waals surface area contributed by atoms with Crippen molar-refractivity contribution in [1.29, 1.82) is 0 Å². The first-order valence-electron chi connectivity index (χ1n) is 7.62. The van der Waals surface area contributed by atoms with Gasteiger partial charge in [0.05, 0.1) is 6.61 Å². The summed E-state index contributed by atoms with van der Waals surface area (Å²) >= 11 is 0. The topological polar surface area (TPSA) is 93.8 Å². The third-order valence-corrected chi connectivity index (χ3v) is 3.66. The van der Waals surface area contributed by atoms with Crippen molar-refractivity contribution < 1.29 is 18.7 Å². The van der Waals surface area contributed by atoms with Crippen LogP contribution in [0.2, 0.25) is 0 Å². The summed E-state index contributed by atoms with van der Waals surface area (Å²) in [6, 6.07) is 5.29. The minimum atomic E-state index is -1.81. The molecule has 22 heavy (non-hydrogen) atoms. The number of carbonyl (C=O) groups excluding carboxylic acids is 1. The Labute approximate surface area is 133 Å². The fourth-order valence-electron chi connectivity index (χ4n) is 1.92. The molecule has 1 aliphatic rings. The van der Waals surface area contributed by atoms with Crippen LogP contribution in [0.4, 0.5) is 5.69 Å². The van der Waals surface area contributed by atoms with E-state index in [1.165, 1.54) is 0 Å². The first-order valence-corrected chi connectivity index (χ1v) is 8.75. The van der Waals surface area contributed by atoms with E-state index < -0.39 is 8.60 Å². The highest BCUT2D eigenvalue weighted by molar-refractivity contribution is 7.41. The molecule has 4 N–H and O–H groups in total. The minimum absolute atomic E-state index is 0.0102. The van der Waals surface area contributed by atoms with E-state index >= 15 is 0 Å². The van der Waals surface area contributed by atoms with Gasteiger partial charge < -0.3 is 20.5 Å². The molecule has 2 rings (SSSR count). The monoisotopic (exact) mass is 328 g/mol. The van der Waals surface area contributed by atoms with Gasteiger partial charge in [0.25, 0.3) is 0 Å². The van der Waals surface area contributed by atoms with Gasteiger partial charge in [0.2, 0.25) is 5.91 Å². The molecule has 0 saturated carbocycles. The summed E-state index contributed by atoms with van der Waals surface area (Å²) in [5.41, 5.74) is 6.93. The molecular formula is C15H25N2O4P. The molecule has 0 bridgehead atoms. The zero-order valence-electron chi connectivity index (χ0n) is 13.2. The van der Waals surface area contributed by atoms with Gasteiger partial charge in [-0.2, -0.15) is 0 Å². The van der Waals surface area contributed by atoms with Gasteiger partial charge in [-0.05, 0) is 37.6 Å². The second kappa shape index (κ2) is 10.5. The van der Waals surface area contributed by atoms with Crippen molar-refractivity contribution in [3.05, 3.63) is 23.8 Å². The van der Waals surface area contributed by atoms with E-state index in [2.05, 4.69) is 5.32 Å². The Morgan fingerprint density at radius 3 is 2.86 bits per heavy atom. The van der Waals surface area contributed by atoms with Crippen molar-refractivity contribution in [3.63, 3.8) is 0 Å². The van der Waals surface area contributed by atoms with Crippen LogP contribution >= 0.6 is 8.60 Å². The van der Waals surface area contributed by atoms with E-state index in [0.29, 0.717) is 24.4 Å². The van der Waals surface area contributed by atoms with Crippen molar-refractivity contribution in [2.75, 3.05) is 11.9 Å². The lowest BCUT2D eigenvalue weighted by Gasteiger charge is -2.20. The third kappa shape index (κ3) is 6.28. The van der Waals surface area contributed by atoms with Crippen molar-refractivity contribution in [2.24, 2.45) is 5.73 Å². The molecule has 1 unspecified atom stereocenters. The molecule has 1 amide bonds. The molecule has 0 spiro atoms. The highest BCUT2D eigenvalue weighted by atomic mass is 31.2. The average molecular weight is 328 g/mol. The van der Waals surface area contributed by atoms with E-state index in [0.717, 1.165) is 24.8 Å². The fourth-order valence-corrected chi connectivity index (χ4v) is 2.57. The molecule has 1 aliphatic heterocycles. The standard InChI is InChI=1S/C13H19N2O4P.C2H6/c14-7-3-1-2-4-13(16)15-11-5-6-12-10(8-11)9-18-20(17)19-12;1-2/h5-6,8,17H,1-4,7,9,14H2,(H,15,16);1-2H3. The van der Waals surface area contributed by atoms with E-state index in [4.69, 9.17) is 14.8 Å². The summed E-state index contributed by atoms with van der Waals surface area (Å²) in [6.45, 7) is 4.96. The van der Waals surface area contributed by atoms with E-state index in [-0.39, 0.29) is 12.5 Å². The molecule has 124 valence electrons. The van der Waals surface area contributed by atoms with Gasteiger partial charge in [0, 0.05) is 17.7 Å². The minimum Gasteiger partial charge on any atom is -0.426 e. The van der Waals surface area contributed by atoms with Gasteiger partial charge in [-0.1, -0.05) is 20.3 Å². The Morgan fingerprint density at radius 1 is 1.36 bits per heavy atom. The number of nitrogens with two attached hydrogens (primary N) is 1. The summed E-state index contributed by atoms with van der Waals surface area (Å²) in [5, 5.41) is 2.84. The Balaban J connectivity index is 0.00000116. The van der Waals surface area contributed by atoms with Crippen LogP contribution in [-0.2, 0) is 15.9 Å². The third-order valence-electron chi connectivity index (χ3n) is 2.96. The van der Waals surface area contributed by atoms with Crippen LogP contribution in [0.1, 0.15) is 45.1 Å². The highest BCUT2D eigenvalue weighted by Crippen LogP contribution is 2.43. The van der Waals surface area contributed by atoms with Crippen LogP contribution in [0, 0.1) is 0 Å². The second-order valence-corrected chi connectivity index (χ2v) is 5.49. The average Bonchev–Trinajstić information content (AvgIpc) is 2.54. The molecule has 0 fully saturated rings. The lowest BCUT2D eigenvalue weighted by Crippen LogP contribution is -2.12. The Morgan fingerprint density at radius 2 is 2.14 bits per heavy atom. The number of hydrogen-bond donors (Lipinski definition) is 3. The predicted molar refractivity (Wildman–Crippen MR) is 88.5 cm³/mol. The highest BCUT2D eigenvalue weighted by Gasteiger charge is 2.20. The molecule has 0 radical (unpaired) electrons. The van der Waals surface area contributed by atoms with Crippen LogP contribution in [0.25, 0.3) is 0 Å². The van der Waals surface area contributed by atoms with E-state index in [9.17, 15) is 9.69 Å². The van der Waals surface area contributed by atoms with E-state index in [1.807, 2.05) is 13.8 Å².